The average molecular weight is 279 g/mol. The molecule has 0 saturated carbocycles. The van der Waals surface area contributed by atoms with E-state index in [0.717, 1.165) is 24.4 Å². The summed E-state index contributed by atoms with van der Waals surface area (Å²) in [5.41, 5.74) is -0.0931. The molecule has 102 valence electrons. The van der Waals surface area contributed by atoms with Crippen molar-refractivity contribution in [3.8, 4) is 0 Å². The first-order valence-corrected chi connectivity index (χ1v) is 6.89. The van der Waals surface area contributed by atoms with Gasteiger partial charge in [-0.2, -0.15) is 0 Å². The molecule has 2 rings (SSSR count). The number of aryl methyl sites for hydroxylation is 1. The molecule has 0 aliphatic rings. The first-order valence-electron chi connectivity index (χ1n) is 6.51. The van der Waals surface area contributed by atoms with Crippen LogP contribution in [0.25, 0.3) is 0 Å². The minimum Gasteiger partial charge on any atom is -0.385 e. The van der Waals surface area contributed by atoms with Gasteiger partial charge in [0.25, 0.3) is 0 Å². The molecule has 1 atom stereocenters. The Morgan fingerprint density at radius 3 is 2.63 bits per heavy atom. The third kappa shape index (κ3) is 3.37. The molecular weight excluding hydrogens is 260 g/mol. The van der Waals surface area contributed by atoms with Gasteiger partial charge in [0.15, 0.2) is 0 Å². The van der Waals surface area contributed by atoms with Crippen LogP contribution in [-0.4, -0.2) is 14.7 Å². The second kappa shape index (κ2) is 5.76. The number of imidazole rings is 1. The molecule has 1 aromatic heterocycles. The van der Waals surface area contributed by atoms with Crippen LogP contribution in [0.4, 0.5) is 0 Å². The maximum absolute atomic E-state index is 10.6. The summed E-state index contributed by atoms with van der Waals surface area (Å²) < 4.78 is 2.09. The molecule has 0 saturated heterocycles. The second-order valence-electron chi connectivity index (χ2n) is 4.99. The van der Waals surface area contributed by atoms with Crippen LogP contribution in [0.15, 0.2) is 36.7 Å². The number of aliphatic hydroxyl groups is 1. The maximum atomic E-state index is 10.6. The predicted octanol–water partition coefficient (Wildman–Crippen LogP) is 3.40. The molecule has 1 unspecified atom stereocenters. The lowest BCUT2D eigenvalue weighted by molar-refractivity contribution is 0.0545. The molecule has 2 aromatic rings. The van der Waals surface area contributed by atoms with Gasteiger partial charge in [-0.05, 0) is 31.0 Å². The summed E-state index contributed by atoms with van der Waals surface area (Å²) in [5.74, 6) is 0.904. The molecule has 1 aromatic carbocycles. The van der Waals surface area contributed by atoms with Gasteiger partial charge in [-0.3, -0.25) is 0 Å². The molecule has 4 heteroatoms. The van der Waals surface area contributed by atoms with Gasteiger partial charge in [-0.15, -0.1) is 0 Å². The third-order valence-corrected chi connectivity index (χ3v) is 3.49. The first kappa shape index (κ1) is 14.1. The van der Waals surface area contributed by atoms with Crippen LogP contribution in [0, 0.1) is 0 Å². The summed E-state index contributed by atoms with van der Waals surface area (Å²) in [5, 5.41) is 11.3. The van der Waals surface area contributed by atoms with Gasteiger partial charge >= 0.3 is 0 Å². The lowest BCUT2D eigenvalue weighted by Crippen LogP contribution is -2.26. The van der Waals surface area contributed by atoms with Gasteiger partial charge < -0.3 is 9.67 Å². The van der Waals surface area contributed by atoms with E-state index >= 15 is 0 Å². The Bertz CT molecular complexity index is 531. The molecular formula is C15H19ClN2O. The summed E-state index contributed by atoms with van der Waals surface area (Å²) in [6.07, 6.45) is 5.27. The summed E-state index contributed by atoms with van der Waals surface area (Å²) in [7, 11) is 0. The van der Waals surface area contributed by atoms with Crippen molar-refractivity contribution in [3.63, 3.8) is 0 Å². The number of nitrogens with zero attached hydrogens (tertiary/aromatic N) is 2. The summed E-state index contributed by atoms with van der Waals surface area (Å²) in [4.78, 5) is 4.34. The highest BCUT2D eigenvalue weighted by atomic mass is 35.5. The summed E-state index contributed by atoms with van der Waals surface area (Å²) in [6.45, 7) is 4.86. The molecule has 1 N–H and O–H groups in total. The number of aromatic nitrogens is 2. The van der Waals surface area contributed by atoms with Crippen LogP contribution in [0.3, 0.4) is 0 Å². The minimum atomic E-state index is -0.943. The largest absolute Gasteiger partial charge is 0.385 e. The number of benzene rings is 1. The second-order valence-corrected chi connectivity index (χ2v) is 5.43. The molecule has 0 radical (unpaired) electrons. The Balaban J connectivity index is 2.20. The maximum Gasteiger partial charge on any atom is 0.111 e. The fraction of sp³-hybridized carbons (Fsp3) is 0.400. The number of hydrogen-bond donors (Lipinski definition) is 1. The monoisotopic (exact) mass is 278 g/mol. The van der Waals surface area contributed by atoms with E-state index in [-0.39, 0.29) is 0 Å². The molecule has 0 amide bonds. The Kier molecular flexibility index (Phi) is 4.27. The highest BCUT2D eigenvalue weighted by Crippen LogP contribution is 2.26. The quantitative estimate of drug-likeness (QED) is 0.910. The molecule has 3 nitrogen and oxygen atoms in total. The highest BCUT2D eigenvalue weighted by molar-refractivity contribution is 6.30. The van der Waals surface area contributed by atoms with Gasteiger partial charge in [0.2, 0.25) is 0 Å². The summed E-state index contributed by atoms with van der Waals surface area (Å²) in [6, 6.07) is 7.30. The SMILES string of the molecule is CCCn1ccnc1CC(C)(O)c1ccc(Cl)cc1. The van der Waals surface area contributed by atoms with E-state index in [1.54, 1.807) is 25.3 Å². The van der Waals surface area contributed by atoms with E-state index in [0.29, 0.717) is 11.4 Å². The van der Waals surface area contributed by atoms with E-state index in [9.17, 15) is 5.11 Å². The van der Waals surface area contributed by atoms with Crippen molar-refractivity contribution in [2.45, 2.75) is 38.8 Å². The number of halogens is 1. The molecule has 0 bridgehead atoms. The van der Waals surface area contributed by atoms with Gasteiger partial charge in [-0.1, -0.05) is 30.7 Å². The predicted molar refractivity (Wildman–Crippen MR) is 77.2 cm³/mol. The van der Waals surface area contributed by atoms with Crippen LogP contribution >= 0.6 is 11.6 Å². The van der Waals surface area contributed by atoms with Crippen LogP contribution in [0.2, 0.25) is 5.02 Å². The van der Waals surface area contributed by atoms with Crippen LogP contribution in [-0.2, 0) is 18.6 Å². The van der Waals surface area contributed by atoms with Crippen molar-refractivity contribution in [3.05, 3.63) is 53.1 Å². The van der Waals surface area contributed by atoms with E-state index in [4.69, 9.17) is 11.6 Å². The standard InChI is InChI=1S/C15H19ClN2O/c1-3-9-18-10-8-17-14(18)11-15(2,19)12-4-6-13(16)7-5-12/h4-8,10,19H,3,9,11H2,1-2H3. The lowest BCUT2D eigenvalue weighted by atomic mass is 9.92. The van der Waals surface area contributed by atoms with Crippen molar-refractivity contribution < 1.29 is 5.11 Å². The summed E-state index contributed by atoms with van der Waals surface area (Å²) >= 11 is 5.87. The molecule has 0 aliphatic carbocycles. The van der Waals surface area contributed by atoms with E-state index in [2.05, 4.69) is 16.5 Å². The molecule has 0 fully saturated rings. The Morgan fingerprint density at radius 2 is 2.00 bits per heavy atom. The molecule has 0 spiro atoms. The van der Waals surface area contributed by atoms with Crippen molar-refractivity contribution in [1.82, 2.24) is 9.55 Å². The minimum absolute atomic E-state index is 0.488. The van der Waals surface area contributed by atoms with E-state index < -0.39 is 5.60 Å². The zero-order chi connectivity index (χ0) is 13.9. The Hall–Kier alpha value is -1.32. The van der Waals surface area contributed by atoms with Gasteiger partial charge in [0.1, 0.15) is 5.82 Å². The van der Waals surface area contributed by atoms with Crippen molar-refractivity contribution >= 4 is 11.6 Å². The topological polar surface area (TPSA) is 38.0 Å². The lowest BCUT2D eigenvalue weighted by Gasteiger charge is -2.24. The number of hydrogen-bond acceptors (Lipinski definition) is 2. The normalized spacial score (nSPS) is 14.3. The average Bonchev–Trinajstić information content (AvgIpc) is 2.77. The molecule has 0 aliphatic heterocycles. The fourth-order valence-corrected chi connectivity index (χ4v) is 2.30. The van der Waals surface area contributed by atoms with Crippen LogP contribution < -0.4 is 0 Å². The highest BCUT2D eigenvalue weighted by Gasteiger charge is 2.25. The van der Waals surface area contributed by atoms with Crippen molar-refractivity contribution in [1.29, 1.82) is 0 Å². The van der Waals surface area contributed by atoms with Gasteiger partial charge in [0.05, 0.1) is 5.60 Å². The van der Waals surface area contributed by atoms with Gasteiger partial charge in [0, 0.05) is 30.4 Å². The third-order valence-electron chi connectivity index (χ3n) is 3.23. The van der Waals surface area contributed by atoms with Crippen LogP contribution in [0.1, 0.15) is 31.7 Å². The van der Waals surface area contributed by atoms with Crippen LogP contribution in [0.5, 0.6) is 0 Å². The fourth-order valence-electron chi connectivity index (χ4n) is 2.17. The molecule has 19 heavy (non-hydrogen) atoms. The van der Waals surface area contributed by atoms with Gasteiger partial charge in [-0.25, -0.2) is 4.98 Å². The van der Waals surface area contributed by atoms with E-state index in [1.807, 2.05) is 18.3 Å². The smallest absolute Gasteiger partial charge is 0.111 e. The van der Waals surface area contributed by atoms with Crippen molar-refractivity contribution in [2.24, 2.45) is 0 Å². The van der Waals surface area contributed by atoms with E-state index in [1.165, 1.54) is 0 Å². The zero-order valence-electron chi connectivity index (χ0n) is 11.3. The Labute approximate surface area is 118 Å². The Morgan fingerprint density at radius 1 is 1.32 bits per heavy atom. The number of rotatable bonds is 5. The zero-order valence-corrected chi connectivity index (χ0v) is 12.1. The van der Waals surface area contributed by atoms with Crippen molar-refractivity contribution in [2.75, 3.05) is 0 Å². The molecule has 1 heterocycles. The first-order chi connectivity index (χ1) is 9.03.